The number of benzene rings is 11. The molecule has 0 bridgehead atoms. The first-order valence-electron chi connectivity index (χ1n) is 20.7. The second-order valence-electron chi connectivity index (χ2n) is 15.6. The van der Waals surface area contributed by atoms with Crippen molar-refractivity contribution in [2.45, 2.75) is 0 Å². The summed E-state index contributed by atoms with van der Waals surface area (Å²) < 4.78 is 0. The molecule has 0 aliphatic rings. The number of nitriles is 1. The van der Waals surface area contributed by atoms with Gasteiger partial charge in [-0.05, 0) is 142 Å². The van der Waals surface area contributed by atoms with Gasteiger partial charge in [-0.3, -0.25) is 0 Å². The fraction of sp³-hybridized carbons (Fsp3) is 0. The third kappa shape index (κ3) is 6.37. The van der Waals surface area contributed by atoms with E-state index >= 15 is 0 Å². The molecule has 0 aliphatic carbocycles. The molecule has 0 amide bonds. The fourth-order valence-electron chi connectivity index (χ4n) is 9.19. The molecule has 11 rings (SSSR count). The Kier molecular flexibility index (Phi) is 8.92. The molecule has 0 saturated carbocycles. The average molecular weight is 775 g/mol. The summed E-state index contributed by atoms with van der Waals surface area (Å²) in [4.78, 5) is 2.25. The maximum absolute atomic E-state index is 9.58. The lowest BCUT2D eigenvalue weighted by atomic mass is 9.83. The van der Waals surface area contributed by atoms with Crippen molar-refractivity contribution >= 4 is 60.2 Å². The molecule has 0 aliphatic heterocycles. The normalized spacial score (nSPS) is 11.3. The van der Waals surface area contributed by atoms with E-state index in [2.05, 4.69) is 211 Å². The van der Waals surface area contributed by atoms with Gasteiger partial charge in [-0.25, -0.2) is 0 Å². The monoisotopic (exact) mass is 774 g/mol. The molecule has 61 heavy (non-hydrogen) atoms. The van der Waals surface area contributed by atoms with E-state index in [0.29, 0.717) is 5.56 Å². The highest BCUT2D eigenvalue weighted by molar-refractivity contribution is 6.25. The molecule has 0 atom stereocenters. The Morgan fingerprint density at radius 2 is 0.689 bits per heavy atom. The van der Waals surface area contributed by atoms with Gasteiger partial charge in [0.25, 0.3) is 0 Å². The summed E-state index contributed by atoms with van der Waals surface area (Å²) in [6, 6.07) is 84.9. The van der Waals surface area contributed by atoms with Crippen LogP contribution in [0.2, 0.25) is 0 Å². The van der Waals surface area contributed by atoms with Gasteiger partial charge in [0.2, 0.25) is 0 Å². The Balaban J connectivity index is 1.09. The lowest BCUT2D eigenvalue weighted by molar-refractivity contribution is 1.28. The maximum Gasteiger partial charge on any atom is 0.0991 e. The van der Waals surface area contributed by atoms with Crippen molar-refractivity contribution < 1.29 is 0 Å². The first-order chi connectivity index (χ1) is 30.2. The molecule has 0 aromatic heterocycles. The zero-order valence-corrected chi connectivity index (χ0v) is 33.3. The summed E-state index contributed by atoms with van der Waals surface area (Å²) in [6.45, 7) is 0. The largest absolute Gasteiger partial charge is 0.311 e. The van der Waals surface area contributed by atoms with E-state index in [1.54, 1.807) is 0 Å². The summed E-state index contributed by atoms with van der Waals surface area (Å²) in [6.07, 6.45) is 0. The second kappa shape index (κ2) is 15.2. The van der Waals surface area contributed by atoms with Gasteiger partial charge >= 0.3 is 0 Å². The molecule has 2 heteroatoms. The van der Waals surface area contributed by atoms with Crippen LogP contribution in [0.3, 0.4) is 0 Å². The standard InChI is InChI=1S/C59H38N2/c60-39-40-24-31-47(32-25-40)61(48-33-26-42(27-34-48)41-12-2-1-3-13-41)49-35-28-43(29-36-49)46-30-37-56-57(38-46)59(53-23-11-17-45-15-5-7-19-51(45)53)55-21-9-8-20-54(55)58(56)52-22-10-16-44-14-4-6-18-50(44)52/h1-38H. The number of hydrogen-bond acceptors (Lipinski definition) is 2. The van der Waals surface area contributed by atoms with Crippen LogP contribution in [0, 0.1) is 11.3 Å². The van der Waals surface area contributed by atoms with Crippen molar-refractivity contribution in [2.75, 3.05) is 4.90 Å². The van der Waals surface area contributed by atoms with Crippen molar-refractivity contribution in [1.82, 2.24) is 0 Å². The van der Waals surface area contributed by atoms with Crippen LogP contribution in [-0.4, -0.2) is 0 Å². The molecule has 11 aromatic rings. The molecular weight excluding hydrogens is 737 g/mol. The lowest BCUT2D eigenvalue weighted by Crippen LogP contribution is -2.09. The number of hydrogen-bond donors (Lipinski definition) is 0. The van der Waals surface area contributed by atoms with E-state index in [0.717, 1.165) is 33.8 Å². The second-order valence-corrected chi connectivity index (χ2v) is 15.6. The van der Waals surface area contributed by atoms with Crippen LogP contribution in [0.25, 0.3) is 87.6 Å². The van der Waals surface area contributed by atoms with Crippen LogP contribution >= 0.6 is 0 Å². The van der Waals surface area contributed by atoms with Crippen LogP contribution < -0.4 is 4.90 Å². The van der Waals surface area contributed by atoms with E-state index in [9.17, 15) is 5.26 Å². The van der Waals surface area contributed by atoms with E-state index in [1.807, 2.05) is 30.3 Å². The van der Waals surface area contributed by atoms with Crippen LogP contribution in [-0.2, 0) is 0 Å². The summed E-state index contributed by atoms with van der Waals surface area (Å²) in [5, 5.41) is 19.4. The van der Waals surface area contributed by atoms with Gasteiger partial charge in [0.15, 0.2) is 0 Å². The average Bonchev–Trinajstić information content (AvgIpc) is 3.34. The predicted octanol–water partition coefficient (Wildman–Crippen LogP) is 16.3. The molecule has 0 spiro atoms. The minimum atomic E-state index is 0.633. The van der Waals surface area contributed by atoms with Crippen molar-refractivity contribution in [1.29, 1.82) is 5.26 Å². The zero-order valence-electron chi connectivity index (χ0n) is 33.3. The van der Waals surface area contributed by atoms with Crippen LogP contribution in [0.5, 0.6) is 0 Å². The van der Waals surface area contributed by atoms with Gasteiger partial charge in [0, 0.05) is 17.1 Å². The van der Waals surface area contributed by atoms with Crippen molar-refractivity contribution in [3.63, 3.8) is 0 Å². The smallest absolute Gasteiger partial charge is 0.0991 e. The Hall–Kier alpha value is -8.25. The Morgan fingerprint density at radius 3 is 1.23 bits per heavy atom. The van der Waals surface area contributed by atoms with Gasteiger partial charge in [-0.15, -0.1) is 0 Å². The molecule has 0 unspecified atom stereocenters. The van der Waals surface area contributed by atoms with Crippen molar-refractivity contribution in [3.05, 3.63) is 236 Å². The van der Waals surface area contributed by atoms with Gasteiger partial charge in [0.1, 0.15) is 0 Å². The van der Waals surface area contributed by atoms with E-state index in [4.69, 9.17) is 0 Å². The zero-order chi connectivity index (χ0) is 40.7. The Labute approximate surface area is 355 Å². The number of fused-ring (bicyclic) bond motifs is 4. The highest BCUT2D eigenvalue weighted by Gasteiger charge is 2.20. The molecule has 0 fully saturated rings. The van der Waals surface area contributed by atoms with Crippen LogP contribution in [0.1, 0.15) is 5.56 Å². The number of anilines is 3. The van der Waals surface area contributed by atoms with E-state index < -0.39 is 0 Å². The third-order valence-corrected chi connectivity index (χ3v) is 12.1. The first kappa shape index (κ1) is 35.9. The first-order valence-corrected chi connectivity index (χ1v) is 20.7. The molecular formula is C59H38N2. The molecule has 2 nitrogen and oxygen atoms in total. The summed E-state index contributed by atoms with van der Waals surface area (Å²) in [5.74, 6) is 0. The maximum atomic E-state index is 9.58. The van der Waals surface area contributed by atoms with Gasteiger partial charge in [-0.2, -0.15) is 5.26 Å². The van der Waals surface area contributed by atoms with Crippen LogP contribution in [0.15, 0.2) is 231 Å². The Morgan fingerprint density at radius 1 is 0.295 bits per heavy atom. The molecule has 0 saturated heterocycles. The van der Waals surface area contributed by atoms with Crippen molar-refractivity contribution in [3.8, 4) is 50.6 Å². The SMILES string of the molecule is N#Cc1ccc(N(c2ccc(-c3ccccc3)cc2)c2ccc(-c3ccc4c(-c5cccc6ccccc56)c5ccccc5c(-c5cccc6ccccc56)c4c3)cc2)cc1. The molecule has 11 aromatic carbocycles. The fourth-order valence-corrected chi connectivity index (χ4v) is 9.19. The number of nitrogens with zero attached hydrogens (tertiary/aromatic N) is 2. The molecule has 284 valence electrons. The van der Waals surface area contributed by atoms with Crippen LogP contribution in [0.4, 0.5) is 17.1 Å². The molecule has 0 N–H and O–H groups in total. The third-order valence-electron chi connectivity index (χ3n) is 12.1. The topological polar surface area (TPSA) is 27.0 Å². The summed E-state index contributed by atoms with van der Waals surface area (Å²) >= 11 is 0. The van der Waals surface area contributed by atoms with Gasteiger partial charge in [0.05, 0.1) is 11.6 Å². The predicted molar refractivity (Wildman–Crippen MR) is 258 cm³/mol. The molecule has 0 heterocycles. The van der Waals surface area contributed by atoms with Gasteiger partial charge in [-0.1, -0.05) is 176 Å². The summed E-state index contributed by atoms with van der Waals surface area (Å²) in [7, 11) is 0. The highest BCUT2D eigenvalue weighted by Crippen LogP contribution is 2.48. The minimum absolute atomic E-state index is 0.633. The van der Waals surface area contributed by atoms with Gasteiger partial charge < -0.3 is 4.90 Å². The molecule has 0 radical (unpaired) electrons. The number of rotatable bonds is 7. The highest BCUT2D eigenvalue weighted by atomic mass is 15.1. The summed E-state index contributed by atoms with van der Waals surface area (Å²) in [5.41, 5.74) is 13.3. The van der Waals surface area contributed by atoms with E-state index in [1.165, 1.54) is 70.9 Å². The Bertz CT molecular complexity index is 3440. The lowest BCUT2D eigenvalue weighted by Gasteiger charge is -2.26. The van der Waals surface area contributed by atoms with Crippen molar-refractivity contribution in [2.24, 2.45) is 0 Å². The quantitative estimate of drug-likeness (QED) is 0.151. The minimum Gasteiger partial charge on any atom is -0.311 e. The van der Waals surface area contributed by atoms with E-state index in [-0.39, 0.29) is 0 Å².